The Labute approximate surface area is 183 Å². The molecule has 160 valence electrons. The molecular formula is C22H31BrO5Si. The van der Waals surface area contributed by atoms with Gasteiger partial charge in [-0.2, -0.15) is 0 Å². The number of epoxide rings is 1. The van der Waals surface area contributed by atoms with E-state index in [0.717, 1.165) is 34.6 Å². The van der Waals surface area contributed by atoms with Crippen molar-refractivity contribution in [2.45, 2.75) is 69.1 Å². The third kappa shape index (κ3) is 3.69. The molecule has 1 aromatic rings. The van der Waals surface area contributed by atoms with Crippen molar-refractivity contribution in [3.05, 3.63) is 34.3 Å². The number of halogens is 1. The Morgan fingerprint density at radius 2 is 1.86 bits per heavy atom. The van der Waals surface area contributed by atoms with Crippen molar-refractivity contribution < 1.29 is 23.4 Å². The van der Waals surface area contributed by atoms with Crippen LogP contribution < -0.4 is 9.47 Å². The molecule has 1 fully saturated rings. The van der Waals surface area contributed by atoms with Crippen LogP contribution >= 0.6 is 15.9 Å². The van der Waals surface area contributed by atoms with Crippen LogP contribution in [0, 0.1) is 0 Å². The lowest BCUT2D eigenvalue weighted by molar-refractivity contribution is 0.0242. The lowest BCUT2D eigenvalue weighted by atomic mass is 9.68. The third-order valence-electron chi connectivity index (χ3n) is 6.91. The number of ether oxygens (including phenoxy) is 4. The number of hydrogen-bond donors (Lipinski definition) is 0. The van der Waals surface area contributed by atoms with Crippen molar-refractivity contribution in [2.24, 2.45) is 0 Å². The van der Waals surface area contributed by atoms with Crippen molar-refractivity contribution in [2.75, 3.05) is 20.5 Å². The van der Waals surface area contributed by atoms with E-state index in [9.17, 15) is 0 Å². The van der Waals surface area contributed by atoms with E-state index in [1.54, 1.807) is 7.11 Å². The van der Waals surface area contributed by atoms with Gasteiger partial charge in [0.05, 0.1) is 30.3 Å². The molecule has 0 spiro atoms. The van der Waals surface area contributed by atoms with Crippen LogP contribution in [-0.2, 0) is 19.3 Å². The highest BCUT2D eigenvalue weighted by atomic mass is 79.9. The summed E-state index contributed by atoms with van der Waals surface area (Å²) in [6.07, 6.45) is 3.03. The molecule has 0 saturated carbocycles. The maximum absolute atomic E-state index is 7.06. The van der Waals surface area contributed by atoms with Gasteiger partial charge in [0.15, 0.2) is 19.8 Å². The smallest absolute Gasteiger partial charge is 0.231 e. The second kappa shape index (κ2) is 7.37. The molecule has 1 saturated heterocycles. The van der Waals surface area contributed by atoms with E-state index in [4.69, 9.17) is 23.4 Å². The van der Waals surface area contributed by atoms with E-state index < -0.39 is 13.7 Å². The van der Waals surface area contributed by atoms with Crippen molar-refractivity contribution >= 4 is 24.2 Å². The van der Waals surface area contributed by atoms with E-state index >= 15 is 0 Å². The van der Waals surface area contributed by atoms with Gasteiger partial charge in [-0.3, -0.25) is 0 Å². The van der Waals surface area contributed by atoms with Gasteiger partial charge in [0.1, 0.15) is 0 Å². The van der Waals surface area contributed by atoms with Crippen LogP contribution in [0.25, 0.3) is 0 Å². The summed E-state index contributed by atoms with van der Waals surface area (Å²) in [7, 11) is -0.274. The topological polar surface area (TPSA) is 49.5 Å². The number of rotatable bonds is 5. The second-order valence-corrected chi connectivity index (χ2v) is 15.4. The predicted octanol–water partition coefficient (Wildman–Crippen LogP) is 5.14. The van der Waals surface area contributed by atoms with Gasteiger partial charge in [0.25, 0.3) is 0 Å². The summed E-state index contributed by atoms with van der Waals surface area (Å²) in [6.45, 7) is 12.4. The molecule has 5 nitrogen and oxygen atoms in total. The number of hydrogen-bond acceptors (Lipinski definition) is 5. The molecule has 4 rings (SSSR count). The first-order valence-corrected chi connectivity index (χ1v) is 13.9. The van der Waals surface area contributed by atoms with Crippen LogP contribution in [0.5, 0.6) is 11.5 Å². The maximum Gasteiger partial charge on any atom is 0.231 e. The van der Waals surface area contributed by atoms with Crippen LogP contribution in [-0.4, -0.2) is 47.1 Å². The van der Waals surface area contributed by atoms with Gasteiger partial charge in [-0.25, -0.2) is 0 Å². The Morgan fingerprint density at radius 1 is 1.17 bits per heavy atom. The predicted molar refractivity (Wildman–Crippen MR) is 118 cm³/mol. The summed E-state index contributed by atoms with van der Waals surface area (Å²) in [5, 5.41) is 0.110. The molecule has 4 atom stereocenters. The fraction of sp³-hybridized carbons (Fsp3) is 0.636. The van der Waals surface area contributed by atoms with E-state index in [1.807, 2.05) is 6.07 Å². The van der Waals surface area contributed by atoms with Crippen molar-refractivity contribution in [1.82, 2.24) is 0 Å². The lowest BCUT2D eigenvalue weighted by Gasteiger charge is -2.48. The normalized spacial score (nSPS) is 31.6. The monoisotopic (exact) mass is 482 g/mol. The zero-order valence-electron chi connectivity index (χ0n) is 18.1. The number of fused-ring (bicyclic) bond motifs is 1. The standard InChI is InChI=1S/C22H31BrO5Si/c1-21(2,3)29(5,6)28-19-10-17(24-4)15(23)11-22(19,20-12-25-20)14-7-8-16-18(9-14)27-13-26-16/h7-9,11,17,19-20H,10,12-13H2,1-6H3/t17-,19-,20-,22+/m1/s1. The summed E-state index contributed by atoms with van der Waals surface area (Å²) >= 11 is 3.77. The van der Waals surface area contributed by atoms with Crippen molar-refractivity contribution in [1.29, 1.82) is 0 Å². The number of benzene rings is 1. The van der Waals surface area contributed by atoms with Crippen LogP contribution in [0.4, 0.5) is 0 Å². The van der Waals surface area contributed by atoms with Gasteiger partial charge in [-0.15, -0.1) is 0 Å². The molecule has 7 heteroatoms. The average Bonchev–Trinajstić information content (AvgIpc) is 3.39. The minimum atomic E-state index is -2.03. The van der Waals surface area contributed by atoms with Gasteiger partial charge in [0.2, 0.25) is 6.79 Å². The SMILES string of the molecule is CO[C@@H]1C[C@@H](O[Si](C)(C)C(C)(C)C)[C@](c2ccc3c(c2)OCO3)([C@H]2CO2)C=C1Br. The van der Waals surface area contributed by atoms with Gasteiger partial charge < -0.3 is 23.4 Å². The fourth-order valence-electron chi connectivity index (χ4n) is 4.05. The first-order chi connectivity index (χ1) is 13.6. The Morgan fingerprint density at radius 3 is 2.48 bits per heavy atom. The van der Waals surface area contributed by atoms with E-state index in [1.165, 1.54) is 0 Å². The number of methoxy groups -OCH3 is 1. The molecule has 0 unspecified atom stereocenters. The minimum absolute atomic E-state index is 0.0225. The third-order valence-corrected chi connectivity index (χ3v) is 12.1. The summed E-state index contributed by atoms with van der Waals surface area (Å²) in [5.74, 6) is 1.57. The minimum Gasteiger partial charge on any atom is -0.454 e. The molecule has 0 N–H and O–H groups in total. The van der Waals surface area contributed by atoms with Crippen molar-refractivity contribution in [3.8, 4) is 11.5 Å². The van der Waals surface area contributed by atoms with E-state index in [-0.39, 0.29) is 30.1 Å². The Bertz CT molecular complexity index is 814. The molecule has 0 radical (unpaired) electrons. The molecule has 3 aliphatic rings. The molecule has 29 heavy (non-hydrogen) atoms. The second-order valence-electron chi connectivity index (χ2n) is 9.68. The summed E-state index contributed by atoms with van der Waals surface area (Å²) in [5.41, 5.74) is 0.740. The lowest BCUT2D eigenvalue weighted by Crippen LogP contribution is -2.55. The quantitative estimate of drug-likeness (QED) is 0.429. The molecule has 2 aliphatic heterocycles. The highest BCUT2D eigenvalue weighted by Gasteiger charge is 2.57. The van der Waals surface area contributed by atoms with Crippen LogP contribution in [0.15, 0.2) is 28.8 Å². The zero-order valence-corrected chi connectivity index (χ0v) is 20.7. The molecular weight excluding hydrogens is 452 g/mol. The largest absolute Gasteiger partial charge is 0.454 e. The van der Waals surface area contributed by atoms with Gasteiger partial charge in [-0.1, -0.05) is 48.8 Å². The fourth-order valence-corrected chi connectivity index (χ4v) is 6.16. The van der Waals surface area contributed by atoms with E-state index in [2.05, 4.69) is 68.0 Å². The Kier molecular flexibility index (Phi) is 5.44. The zero-order chi connectivity index (χ0) is 21.0. The molecule has 1 aliphatic carbocycles. The average molecular weight is 483 g/mol. The molecule has 0 bridgehead atoms. The molecule has 1 aromatic carbocycles. The van der Waals surface area contributed by atoms with Gasteiger partial charge in [-0.05, 0) is 35.8 Å². The molecule has 0 aromatic heterocycles. The maximum atomic E-state index is 7.06. The van der Waals surface area contributed by atoms with Gasteiger partial charge >= 0.3 is 0 Å². The van der Waals surface area contributed by atoms with Crippen LogP contribution in [0.3, 0.4) is 0 Å². The molecule has 2 heterocycles. The molecule has 0 amide bonds. The highest BCUT2D eigenvalue weighted by Crippen LogP contribution is 2.52. The Hall–Kier alpha value is -0.863. The first-order valence-electron chi connectivity index (χ1n) is 10.2. The summed E-state index contributed by atoms with van der Waals surface area (Å²) < 4.78 is 31.0. The van der Waals surface area contributed by atoms with Gasteiger partial charge in [0, 0.05) is 18.0 Å². The van der Waals surface area contributed by atoms with Crippen LogP contribution in [0.1, 0.15) is 32.8 Å². The summed E-state index contributed by atoms with van der Waals surface area (Å²) in [4.78, 5) is 0. The first kappa shape index (κ1) is 21.4. The van der Waals surface area contributed by atoms with Crippen LogP contribution in [0.2, 0.25) is 18.1 Å². The van der Waals surface area contributed by atoms with E-state index in [0.29, 0.717) is 0 Å². The summed E-state index contributed by atoms with van der Waals surface area (Å²) in [6, 6.07) is 6.21. The Balaban J connectivity index is 1.82. The van der Waals surface area contributed by atoms with Crippen molar-refractivity contribution in [3.63, 3.8) is 0 Å². The highest BCUT2D eigenvalue weighted by molar-refractivity contribution is 9.11.